The fourth-order valence-corrected chi connectivity index (χ4v) is 1.35. The average Bonchev–Trinajstić information content (AvgIpc) is 2.65. The second-order valence-corrected chi connectivity index (χ2v) is 3.80. The number of aromatic nitrogens is 1. The molecule has 0 aromatic carbocycles. The first-order valence-electron chi connectivity index (χ1n) is 5.16. The van der Waals surface area contributed by atoms with E-state index in [1.807, 2.05) is 12.1 Å². The Bertz CT molecular complexity index is 307. The summed E-state index contributed by atoms with van der Waals surface area (Å²) in [7, 11) is 0. The summed E-state index contributed by atoms with van der Waals surface area (Å²) in [5.74, 6) is 0.853. The van der Waals surface area contributed by atoms with Gasteiger partial charge in [0.15, 0.2) is 5.76 Å². The zero-order chi connectivity index (χ0) is 11.3. The van der Waals surface area contributed by atoms with Gasteiger partial charge in [0, 0.05) is 25.2 Å². The Morgan fingerprint density at radius 2 is 2.40 bits per heavy atom. The van der Waals surface area contributed by atoms with E-state index in [0.717, 1.165) is 24.5 Å². The van der Waals surface area contributed by atoms with Gasteiger partial charge < -0.3 is 10.3 Å². The van der Waals surface area contributed by atoms with Crippen LogP contribution in [0.5, 0.6) is 0 Å². The molecule has 1 aromatic heterocycles. The third-order valence-corrected chi connectivity index (χ3v) is 2.27. The van der Waals surface area contributed by atoms with Gasteiger partial charge in [-0.25, -0.2) is 0 Å². The summed E-state index contributed by atoms with van der Waals surface area (Å²) in [5.41, 5.74) is 6.26. The highest BCUT2D eigenvalue weighted by Crippen LogP contribution is 2.09. The van der Waals surface area contributed by atoms with Gasteiger partial charge in [-0.1, -0.05) is 11.2 Å². The maximum atomic E-state index is 5.46. The summed E-state index contributed by atoms with van der Waals surface area (Å²) in [5, 5.41) is 3.85. The van der Waals surface area contributed by atoms with Crippen LogP contribution in [0.1, 0.15) is 25.3 Å². The lowest BCUT2D eigenvalue weighted by Crippen LogP contribution is -2.30. The zero-order valence-electron chi connectivity index (χ0n) is 9.44. The first-order valence-corrected chi connectivity index (χ1v) is 5.16. The van der Waals surface area contributed by atoms with Crippen LogP contribution in [-0.4, -0.2) is 22.6 Å². The quantitative estimate of drug-likeness (QED) is 0.722. The number of nitrogens with two attached hydrogens (primary N) is 1. The highest BCUT2D eigenvalue weighted by molar-refractivity contribution is 5.05. The molecule has 4 nitrogen and oxygen atoms in total. The molecule has 0 fully saturated rings. The van der Waals surface area contributed by atoms with Crippen molar-refractivity contribution in [3.05, 3.63) is 30.2 Å². The van der Waals surface area contributed by atoms with E-state index in [0.29, 0.717) is 12.6 Å². The first-order chi connectivity index (χ1) is 7.17. The number of nitrogens with zero attached hydrogens (tertiary/aromatic N) is 2. The third-order valence-electron chi connectivity index (χ3n) is 2.27. The van der Waals surface area contributed by atoms with E-state index in [1.165, 1.54) is 0 Å². The lowest BCUT2D eigenvalue weighted by atomic mass is 10.2. The molecule has 0 saturated carbocycles. The molecule has 2 N–H and O–H groups in total. The lowest BCUT2D eigenvalue weighted by Gasteiger charge is -2.23. The highest BCUT2D eigenvalue weighted by Gasteiger charge is 2.11. The highest BCUT2D eigenvalue weighted by atomic mass is 16.5. The smallest absolute Gasteiger partial charge is 0.151 e. The van der Waals surface area contributed by atoms with Gasteiger partial charge >= 0.3 is 0 Å². The van der Waals surface area contributed by atoms with E-state index in [4.69, 9.17) is 10.3 Å². The molecule has 0 radical (unpaired) electrons. The van der Waals surface area contributed by atoms with E-state index in [9.17, 15) is 0 Å². The second-order valence-electron chi connectivity index (χ2n) is 3.80. The van der Waals surface area contributed by atoms with Crippen LogP contribution in [-0.2, 0) is 13.1 Å². The SMILES string of the molecule is C=CCN(Cc1cc(CN)no1)C(C)C. The molecule has 0 unspecified atom stereocenters. The molecule has 1 rings (SSSR count). The van der Waals surface area contributed by atoms with Crippen molar-refractivity contribution >= 4 is 0 Å². The molecule has 0 atom stereocenters. The van der Waals surface area contributed by atoms with Crippen molar-refractivity contribution < 1.29 is 4.52 Å². The Morgan fingerprint density at radius 3 is 2.87 bits per heavy atom. The maximum Gasteiger partial charge on any atom is 0.151 e. The van der Waals surface area contributed by atoms with E-state index in [2.05, 4.69) is 30.5 Å². The molecule has 0 aliphatic rings. The van der Waals surface area contributed by atoms with Gasteiger partial charge in [0.2, 0.25) is 0 Å². The van der Waals surface area contributed by atoms with Gasteiger partial charge in [0.05, 0.1) is 12.2 Å². The zero-order valence-corrected chi connectivity index (χ0v) is 9.44. The minimum Gasteiger partial charge on any atom is -0.360 e. The fourth-order valence-electron chi connectivity index (χ4n) is 1.35. The van der Waals surface area contributed by atoms with Crippen LogP contribution in [0.15, 0.2) is 23.2 Å². The van der Waals surface area contributed by atoms with Gasteiger partial charge in [-0.05, 0) is 13.8 Å². The van der Waals surface area contributed by atoms with Gasteiger partial charge in [0.25, 0.3) is 0 Å². The average molecular weight is 209 g/mol. The Kier molecular flexibility index (Phi) is 4.52. The van der Waals surface area contributed by atoms with Gasteiger partial charge in [-0.3, -0.25) is 4.90 Å². The molecule has 84 valence electrons. The molecule has 0 spiro atoms. The van der Waals surface area contributed by atoms with Crippen molar-refractivity contribution in [1.82, 2.24) is 10.1 Å². The molecule has 4 heteroatoms. The Balaban J connectivity index is 2.60. The summed E-state index contributed by atoms with van der Waals surface area (Å²) in [4.78, 5) is 2.24. The molecule has 1 heterocycles. The van der Waals surface area contributed by atoms with Crippen LogP contribution < -0.4 is 5.73 Å². The van der Waals surface area contributed by atoms with Crippen LogP contribution >= 0.6 is 0 Å². The van der Waals surface area contributed by atoms with E-state index < -0.39 is 0 Å². The monoisotopic (exact) mass is 209 g/mol. The summed E-state index contributed by atoms with van der Waals surface area (Å²) < 4.78 is 5.18. The van der Waals surface area contributed by atoms with Crippen LogP contribution in [0, 0.1) is 0 Å². The largest absolute Gasteiger partial charge is 0.360 e. The molecule has 0 aliphatic heterocycles. The number of hydrogen-bond donors (Lipinski definition) is 1. The fraction of sp³-hybridized carbons (Fsp3) is 0.545. The van der Waals surface area contributed by atoms with Gasteiger partial charge in [-0.15, -0.1) is 6.58 Å². The van der Waals surface area contributed by atoms with Crippen LogP contribution in [0.2, 0.25) is 0 Å². The van der Waals surface area contributed by atoms with E-state index in [1.54, 1.807) is 0 Å². The standard InChI is InChI=1S/C11H19N3O/c1-4-5-14(9(2)3)8-11-6-10(7-12)13-15-11/h4,6,9H,1,5,7-8,12H2,2-3H3. The molecular weight excluding hydrogens is 190 g/mol. The summed E-state index contributed by atoms with van der Waals surface area (Å²) >= 11 is 0. The first kappa shape index (κ1) is 11.9. The molecule has 0 bridgehead atoms. The molecular formula is C11H19N3O. The van der Waals surface area contributed by atoms with Crippen LogP contribution in [0.4, 0.5) is 0 Å². The molecule has 15 heavy (non-hydrogen) atoms. The molecule has 0 aliphatic carbocycles. The van der Waals surface area contributed by atoms with Crippen LogP contribution in [0.3, 0.4) is 0 Å². The number of hydrogen-bond acceptors (Lipinski definition) is 4. The van der Waals surface area contributed by atoms with Crippen molar-refractivity contribution in [2.45, 2.75) is 33.0 Å². The van der Waals surface area contributed by atoms with E-state index >= 15 is 0 Å². The predicted octanol–water partition coefficient (Wildman–Crippen LogP) is 1.53. The van der Waals surface area contributed by atoms with E-state index in [-0.39, 0.29) is 0 Å². The number of rotatable bonds is 6. The molecule has 0 saturated heterocycles. The Morgan fingerprint density at radius 1 is 1.67 bits per heavy atom. The Hall–Kier alpha value is -1.13. The maximum absolute atomic E-state index is 5.46. The van der Waals surface area contributed by atoms with Gasteiger partial charge in [0.1, 0.15) is 0 Å². The summed E-state index contributed by atoms with van der Waals surface area (Å²) in [6.07, 6.45) is 1.89. The topological polar surface area (TPSA) is 55.3 Å². The summed E-state index contributed by atoms with van der Waals surface area (Å²) in [6, 6.07) is 2.35. The normalized spacial score (nSPS) is 11.3. The molecule has 1 aromatic rings. The van der Waals surface area contributed by atoms with Crippen molar-refractivity contribution in [2.75, 3.05) is 6.54 Å². The van der Waals surface area contributed by atoms with Crippen LogP contribution in [0.25, 0.3) is 0 Å². The second kappa shape index (κ2) is 5.68. The third kappa shape index (κ3) is 3.49. The van der Waals surface area contributed by atoms with Crippen molar-refractivity contribution in [2.24, 2.45) is 5.73 Å². The summed E-state index contributed by atoms with van der Waals surface area (Å²) in [6.45, 7) is 10.0. The minimum absolute atomic E-state index is 0.423. The minimum atomic E-state index is 0.423. The lowest BCUT2D eigenvalue weighted by molar-refractivity contribution is 0.208. The van der Waals surface area contributed by atoms with Crippen molar-refractivity contribution in [3.8, 4) is 0 Å². The van der Waals surface area contributed by atoms with Crippen molar-refractivity contribution in [3.63, 3.8) is 0 Å². The predicted molar refractivity (Wildman–Crippen MR) is 60.1 cm³/mol. The molecule has 0 amide bonds. The van der Waals surface area contributed by atoms with Crippen molar-refractivity contribution in [1.29, 1.82) is 0 Å². The van der Waals surface area contributed by atoms with Gasteiger partial charge in [-0.2, -0.15) is 0 Å². The Labute approximate surface area is 90.7 Å².